The van der Waals surface area contributed by atoms with Crippen molar-refractivity contribution < 1.29 is 0 Å². The van der Waals surface area contributed by atoms with Gasteiger partial charge in [0.05, 0.1) is 6.04 Å². The van der Waals surface area contributed by atoms with Gasteiger partial charge in [0.2, 0.25) is 0 Å². The normalized spacial score (nSPS) is 30.8. The number of hydrogen-bond acceptors (Lipinski definition) is 1. The summed E-state index contributed by atoms with van der Waals surface area (Å²) in [4.78, 5) is 4.27. The van der Waals surface area contributed by atoms with Gasteiger partial charge >= 0.3 is 0 Å². The number of rotatable bonds is 0. The van der Waals surface area contributed by atoms with Gasteiger partial charge in [0, 0.05) is 11.6 Å². The molecule has 0 aliphatic carbocycles. The van der Waals surface area contributed by atoms with Crippen LogP contribution in [0.5, 0.6) is 0 Å². The number of nitrogens with zero attached hydrogens (tertiary/aromatic N) is 1. The Morgan fingerprint density at radius 2 is 2.11 bits per heavy atom. The summed E-state index contributed by atoms with van der Waals surface area (Å²) in [6.45, 7) is 6.54. The van der Waals surface area contributed by atoms with Crippen LogP contribution in [0.15, 0.2) is 17.1 Å². The number of dihydropyridines is 1. The highest BCUT2D eigenvalue weighted by Gasteiger charge is 2.22. The molecule has 1 heteroatoms. The van der Waals surface area contributed by atoms with Gasteiger partial charge in [-0.15, -0.1) is 0 Å². The van der Waals surface area contributed by atoms with Crippen molar-refractivity contribution in [2.24, 2.45) is 10.4 Å². The molecule has 1 atom stereocenters. The van der Waals surface area contributed by atoms with E-state index in [-0.39, 0.29) is 5.41 Å². The van der Waals surface area contributed by atoms with Crippen LogP contribution in [-0.2, 0) is 0 Å². The zero-order chi connectivity index (χ0) is 6.91. The van der Waals surface area contributed by atoms with Crippen LogP contribution in [0.2, 0.25) is 0 Å². The lowest BCUT2D eigenvalue weighted by atomic mass is 9.84. The standard InChI is InChI=1S/C8H13N/c1-7-8(2,3)5-4-6-9-7/h4-7H,1-3H3. The Hall–Kier alpha value is -0.590. The largest absolute Gasteiger partial charge is 0.289 e. The zero-order valence-electron chi connectivity index (χ0n) is 6.26. The molecule has 9 heavy (non-hydrogen) atoms. The topological polar surface area (TPSA) is 12.4 Å². The summed E-state index contributed by atoms with van der Waals surface area (Å²) >= 11 is 0. The minimum Gasteiger partial charge on any atom is -0.289 e. The maximum Gasteiger partial charge on any atom is 0.0556 e. The fourth-order valence-corrected chi connectivity index (χ4v) is 0.801. The second-order valence-corrected chi connectivity index (χ2v) is 3.15. The summed E-state index contributed by atoms with van der Waals surface area (Å²) in [6, 6.07) is 0.433. The average Bonchev–Trinajstić information content (AvgIpc) is 1.77. The van der Waals surface area contributed by atoms with Crippen LogP contribution in [0.4, 0.5) is 0 Å². The molecular formula is C8H13N. The first-order valence-electron chi connectivity index (χ1n) is 3.34. The van der Waals surface area contributed by atoms with Gasteiger partial charge < -0.3 is 0 Å². The molecule has 0 aromatic heterocycles. The minimum absolute atomic E-state index is 0.259. The second-order valence-electron chi connectivity index (χ2n) is 3.15. The maximum atomic E-state index is 4.27. The molecule has 0 N–H and O–H groups in total. The molecule has 50 valence electrons. The van der Waals surface area contributed by atoms with Crippen LogP contribution >= 0.6 is 0 Å². The van der Waals surface area contributed by atoms with E-state index in [0.29, 0.717) is 6.04 Å². The van der Waals surface area contributed by atoms with E-state index in [9.17, 15) is 0 Å². The number of aliphatic imine (C=N–C) groups is 1. The van der Waals surface area contributed by atoms with E-state index in [0.717, 1.165) is 0 Å². The minimum atomic E-state index is 0.259. The van der Waals surface area contributed by atoms with Crippen LogP contribution in [0.25, 0.3) is 0 Å². The molecule has 1 rings (SSSR count). The molecule has 1 unspecified atom stereocenters. The van der Waals surface area contributed by atoms with Crippen molar-refractivity contribution in [1.29, 1.82) is 0 Å². The summed E-state index contributed by atoms with van der Waals surface area (Å²) in [5.41, 5.74) is 0.259. The summed E-state index contributed by atoms with van der Waals surface area (Å²) in [6.07, 6.45) is 6.08. The van der Waals surface area contributed by atoms with Crippen molar-refractivity contribution in [1.82, 2.24) is 0 Å². The van der Waals surface area contributed by atoms with Gasteiger partial charge in [-0.05, 0) is 13.0 Å². The molecule has 0 amide bonds. The summed E-state index contributed by atoms with van der Waals surface area (Å²) in [7, 11) is 0. The van der Waals surface area contributed by atoms with Gasteiger partial charge in [-0.2, -0.15) is 0 Å². The van der Waals surface area contributed by atoms with Crippen LogP contribution in [0.3, 0.4) is 0 Å². The van der Waals surface area contributed by atoms with E-state index in [1.54, 1.807) is 0 Å². The SMILES string of the molecule is CC1N=CC=CC1(C)C. The molecular weight excluding hydrogens is 110 g/mol. The van der Waals surface area contributed by atoms with E-state index >= 15 is 0 Å². The Bertz CT molecular complexity index is 154. The predicted molar refractivity (Wildman–Crippen MR) is 40.9 cm³/mol. The van der Waals surface area contributed by atoms with E-state index in [1.165, 1.54) is 0 Å². The van der Waals surface area contributed by atoms with Crippen molar-refractivity contribution in [3.63, 3.8) is 0 Å². The van der Waals surface area contributed by atoms with E-state index in [1.807, 2.05) is 12.3 Å². The van der Waals surface area contributed by atoms with Crippen molar-refractivity contribution in [2.75, 3.05) is 0 Å². The quantitative estimate of drug-likeness (QED) is 0.467. The third-order valence-corrected chi connectivity index (χ3v) is 2.00. The first-order valence-corrected chi connectivity index (χ1v) is 3.34. The monoisotopic (exact) mass is 123 g/mol. The third kappa shape index (κ3) is 1.21. The van der Waals surface area contributed by atoms with Crippen molar-refractivity contribution in [2.45, 2.75) is 26.8 Å². The molecule has 0 aromatic rings. The number of allylic oxidation sites excluding steroid dienone is 1. The fraction of sp³-hybridized carbons (Fsp3) is 0.625. The van der Waals surface area contributed by atoms with Gasteiger partial charge in [-0.25, -0.2) is 0 Å². The maximum absolute atomic E-state index is 4.27. The van der Waals surface area contributed by atoms with Crippen LogP contribution < -0.4 is 0 Å². The summed E-state index contributed by atoms with van der Waals surface area (Å²) in [5, 5.41) is 0. The third-order valence-electron chi connectivity index (χ3n) is 2.00. The highest BCUT2D eigenvalue weighted by Crippen LogP contribution is 2.26. The molecule has 1 aliphatic heterocycles. The molecule has 1 aliphatic rings. The Kier molecular flexibility index (Phi) is 1.43. The zero-order valence-corrected chi connectivity index (χ0v) is 6.26. The molecule has 0 bridgehead atoms. The molecule has 0 saturated heterocycles. The van der Waals surface area contributed by atoms with Gasteiger partial charge in [-0.1, -0.05) is 19.9 Å². The van der Waals surface area contributed by atoms with Crippen molar-refractivity contribution in [3.05, 3.63) is 12.2 Å². The molecule has 1 heterocycles. The molecule has 0 spiro atoms. The van der Waals surface area contributed by atoms with Crippen molar-refractivity contribution >= 4 is 6.21 Å². The lowest BCUT2D eigenvalue weighted by molar-refractivity contribution is 0.393. The van der Waals surface area contributed by atoms with E-state index in [2.05, 4.69) is 31.8 Å². The van der Waals surface area contributed by atoms with Crippen LogP contribution in [0, 0.1) is 5.41 Å². The Balaban J connectivity index is 2.78. The highest BCUT2D eigenvalue weighted by molar-refractivity contribution is 5.72. The van der Waals surface area contributed by atoms with Gasteiger partial charge in [0.25, 0.3) is 0 Å². The van der Waals surface area contributed by atoms with Crippen LogP contribution in [0.1, 0.15) is 20.8 Å². The Morgan fingerprint density at radius 1 is 1.44 bits per heavy atom. The molecule has 0 saturated carbocycles. The average molecular weight is 123 g/mol. The molecule has 0 fully saturated rings. The van der Waals surface area contributed by atoms with Crippen molar-refractivity contribution in [3.8, 4) is 0 Å². The predicted octanol–water partition coefficient (Wildman–Crippen LogP) is 2.04. The van der Waals surface area contributed by atoms with E-state index < -0.39 is 0 Å². The Morgan fingerprint density at radius 3 is 2.44 bits per heavy atom. The van der Waals surface area contributed by atoms with Gasteiger partial charge in [0.1, 0.15) is 0 Å². The summed E-state index contributed by atoms with van der Waals surface area (Å²) < 4.78 is 0. The highest BCUT2D eigenvalue weighted by atomic mass is 14.8. The fourth-order valence-electron chi connectivity index (χ4n) is 0.801. The molecule has 0 aromatic carbocycles. The lowest BCUT2D eigenvalue weighted by Crippen LogP contribution is -2.24. The Labute approximate surface area is 56.5 Å². The lowest BCUT2D eigenvalue weighted by Gasteiger charge is -2.26. The first-order chi connectivity index (χ1) is 4.13. The smallest absolute Gasteiger partial charge is 0.0556 e. The van der Waals surface area contributed by atoms with Crippen LogP contribution in [-0.4, -0.2) is 12.3 Å². The molecule has 0 radical (unpaired) electrons. The van der Waals surface area contributed by atoms with E-state index in [4.69, 9.17) is 0 Å². The van der Waals surface area contributed by atoms with Gasteiger partial charge in [0.15, 0.2) is 0 Å². The first kappa shape index (κ1) is 6.53. The summed E-state index contributed by atoms with van der Waals surface area (Å²) in [5.74, 6) is 0. The van der Waals surface area contributed by atoms with Gasteiger partial charge in [-0.3, -0.25) is 4.99 Å². The number of hydrogen-bond donors (Lipinski definition) is 0. The molecule has 1 nitrogen and oxygen atoms in total. The second kappa shape index (κ2) is 1.98.